The molecule has 1 N–H and O–H groups in total. The van der Waals surface area contributed by atoms with Gasteiger partial charge in [0.15, 0.2) is 0 Å². The number of nitrogens with zero attached hydrogens (tertiary/aromatic N) is 1. The standard InChI is InChI=1S/C14H20N2O2/c1-3-18-14(17)16-8-7-13(10-16)15-12-6-4-5-11(2)9-12/h4-6,9,13,15H,3,7-8,10H2,1-2H3. The number of ether oxygens (including phenoxy) is 1. The summed E-state index contributed by atoms with van der Waals surface area (Å²) < 4.78 is 5.00. The van der Waals surface area contributed by atoms with Crippen LogP contribution in [0.15, 0.2) is 24.3 Å². The predicted octanol–water partition coefficient (Wildman–Crippen LogP) is 2.64. The van der Waals surface area contributed by atoms with E-state index in [1.807, 2.05) is 13.0 Å². The Hall–Kier alpha value is -1.71. The minimum Gasteiger partial charge on any atom is -0.450 e. The Balaban J connectivity index is 1.88. The van der Waals surface area contributed by atoms with Crippen LogP contribution in [0.4, 0.5) is 10.5 Å². The van der Waals surface area contributed by atoms with E-state index in [1.165, 1.54) is 5.56 Å². The quantitative estimate of drug-likeness (QED) is 0.894. The van der Waals surface area contributed by atoms with Gasteiger partial charge in [-0.1, -0.05) is 12.1 Å². The molecule has 1 saturated heterocycles. The Kier molecular flexibility index (Phi) is 4.07. The van der Waals surface area contributed by atoms with Gasteiger partial charge in [-0.25, -0.2) is 4.79 Å². The van der Waals surface area contributed by atoms with Crippen molar-refractivity contribution >= 4 is 11.8 Å². The smallest absolute Gasteiger partial charge is 0.409 e. The van der Waals surface area contributed by atoms with E-state index in [0.717, 1.165) is 18.7 Å². The fourth-order valence-electron chi connectivity index (χ4n) is 2.23. The number of rotatable bonds is 3. The lowest BCUT2D eigenvalue weighted by Crippen LogP contribution is -2.32. The Bertz CT molecular complexity index is 420. The monoisotopic (exact) mass is 248 g/mol. The molecule has 0 aromatic heterocycles. The van der Waals surface area contributed by atoms with E-state index in [4.69, 9.17) is 4.74 Å². The number of nitrogens with one attached hydrogen (secondary N) is 1. The minimum absolute atomic E-state index is 0.203. The molecule has 0 aliphatic carbocycles. The van der Waals surface area contributed by atoms with Crippen molar-refractivity contribution in [3.05, 3.63) is 29.8 Å². The second-order valence-corrected chi connectivity index (χ2v) is 4.64. The van der Waals surface area contributed by atoms with Crippen LogP contribution in [0.2, 0.25) is 0 Å². The zero-order chi connectivity index (χ0) is 13.0. The van der Waals surface area contributed by atoms with Gasteiger partial charge in [0.05, 0.1) is 6.61 Å². The summed E-state index contributed by atoms with van der Waals surface area (Å²) in [6.07, 6.45) is 0.762. The summed E-state index contributed by atoms with van der Waals surface area (Å²) in [6.45, 7) is 5.82. The van der Waals surface area contributed by atoms with Gasteiger partial charge in [0, 0.05) is 24.8 Å². The van der Waals surface area contributed by atoms with Gasteiger partial charge in [-0.05, 0) is 38.0 Å². The van der Waals surface area contributed by atoms with E-state index in [1.54, 1.807) is 4.90 Å². The zero-order valence-corrected chi connectivity index (χ0v) is 11.0. The molecule has 2 rings (SSSR count). The van der Waals surface area contributed by atoms with E-state index in [9.17, 15) is 4.79 Å². The minimum atomic E-state index is -0.203. The summed E-state index contributed by atoms with van der Waals surface area (Å²) in [6, 6.07) is 8.60. The SMILES string of the molecule is CCOC(=O)N1CCC(Nc2cccc(C)c2)C1. The molecule has 98 valence electrons. The van der Waals surface area contributed by atoms with Crippen molar-refractivity contribution in [1.82, 2.24) is 4.90 Å². The number of carbonyl (C=O) groups is 1. The summed E-state index contributed by atoms with van der Waals surface area (Å²) in [5, 5.41) is 3.46. The first-order valence-electron chi connectivity index (χ1n) is 6.44. The average molecular weight is 248 g/mol. The summed E-state index contributed by atoms with van der Waals surface area (Å²) in [4.78, 5) is 13.3. The summed E-state index contributed by atoms with van der Waals surface area (Å²) >= 11 is 0. The van der Waals surface area contributed by atoms with Gasteiger partial charge in [-0.15, -0.1) is 0 Å². The number of carbonyl (C=O) groups excluding carboxylic acids is 1. The maximum Gasteiger partial charge on any atom is 0.409 e. The van der Waals surface area contributed by atoms with Crippen molar-refractivity contribution in [2.24, 2.45) is 0 Å². The summed E-state index contributed by atoms with van der Waals surface area (Å²) in [5.41, 5.74) is 2.35. The molecule has 1 atom stereocenters. The largest absolute Gasteiger partial charge is 0.450 e. The number of aryl methyl sites for hydroxylation is 1. The van der Waals surface area contributed by atoms with E-state index in [2.05, 4.69) is 30.4 Å². The van der Waals surface area contributed by atoms with Crippen LogP contribution in [0.1, 0.15) is 18.9 Å². The normalized spacial score (nSPS) is 18.8. The molecule has 1 aromatic rings. The van der Waals surface area contributed by atoms with Crippen LogP contribution >= 0.6 is 0 Å². The lowest BCUT2D eigenvalue weighted by atomic mass is 10.2. The molecule has 1 aliphatic heterocycles. The van der Waals surface area contributed by atoms with Gasteiger partial charge in [-0.2, -0.15) is 0 Å². The zero-order valence-electron chi connectivity index (χ0n) is 11.0. The third kappa shape index (κ3) is 3.15. The number of hydrogen-bond acceptors (Lipinski definition) is 3. The fraction of sp³-hybridized carbons (Fsp3) is 0.500. The Morgan fingerprint density at radius 3 is 3.11 bits per heavy atom. The predicted molar refractivity (Wildman–Crippen MR) is 71.8 cm³/mol. The van der Waals surface area contributed by atoms with Gasteiger partial charge >= 0.3 is 6.09 Å². The first-order valence-corrected chi connectivity index (χ1v) is 6.44. The fourth-order valence-corrected chi connectivity index (χ4v) is 2.23. The van der Waals surface area contributed by atoms with Crippen LogP contribution < -0.4 is 5.32 Å². The van der Waals surface area contributed by atoms with Crippen molar-refractivity contribution in [1.29, 1.82) is 0 Å². The van der Waals surface area contributed by atoms with E-state index < -0.39 is 0 Å². The topological polar surface area (TPSA) is 41.6 Å². The highest BCUT2D eigenvalue weighted by atomic mass is 16.6. The van der Waals surface area contributed by atoms with Crippen LogP contribution in [0.5, 0.6) is 0 Å². The van der Waals surface area contributed by atoms with Crippen molar-refractivity contribution in [3.63, 3.8) is 0 Å². The molecule has 4 nitrogen and oxygen atoms in total. The van der Waals surface area contributed by atoms with Crippen molar-refractivity contribution in [2.75, 3.05) is 25.0 Å². The first kappa shape index (κ1) is 12.7. The summed E-state index contributed by atoms with van der Waals surface area (Å²) in [7, 11) is 0. The average Bonchev–Trinajstić information content (AvgIpc) is 2.78. The van der Waals surface area contributed by atoms with E-state index in [0.29, 0.717) is 19.2 Å². The molecule has 0 spiro atoms. The third-order valence-electron chi connectivity index (χ3n) is 3.10. The van der Waals surface area contributed by atoms with Gasteiger partial charge in [0.1, 0.15) is 0 Å². The molecule has 0 bridgehead atoms. The van der Waals surface area contributed by atoms with Crippen LogP contribution in [0.25, 0.3) is 0 Å². The van der Waals surface area contributed by atoms with E-state index >= 15 is 0 Å². The molecule has 1 fully saturated rings. The van der Waals surface area contributed by atoms with Crippen molar-refractivity contribution < 1.29 is 9.53 Å². The second kappa shape index (κ2) is 5.76. The Morgan fingerprint density at radius 1 is 1.56 bits per heavy atom. The van der Waals surface area contributed by atoms with Crippen LogP contribution in [0, 0.1) is 6.92 Å². The van der Waals surface area contributed by atoms with Crippen LogP contribution in [-0.4, -0.2) is 36.7 Å². The molecule has 4 heteroatoms. The highest BCUT2D eigenvalue weighted by Crippen LogP contribution is 2.17. The molecule has 0 radical (unpaired) electrons. The highest BCUT2D eigenvalue weighted by Gasteiger charge is 2.26. The maximum atomic E-state index is 11.6. The molecule has 1 heterocycles. The highest BCUT2D eigenvalue weighted by molar-refractivity contribution is 5.68. The van der Waals surface area contributed by atoms with Gasteiger partial charge in [0.25, 0.3) is 0 Å². The molecule has 18 heavy (non-hydrogen) atoms. The second-order valence-electron chi connectivity index (χ2n) is 4.64. The molecule has 1 unspecified atom stereocenters. The van der Waals surface area contributed by atoms with Crippen molar-refractivity contribution in [3.8, 4) is 0 Å². The number of benzene rings is 1. The molecule has 0 saturated carbocycles. The molecule has 1 aliphatic rings. The van der Waals surface area contributed by atoms with Gasteiger partial charge in [0.2, 0.25) is 0 Å². The van der Waals surface area contributed by atoms with Crippen molar-refractivity contribution in [2.45, 2.75) is 26.3 Å². The lowest BCUT2D eigenvalue weighted by Gasteiger charge is -2.17. The van der Waals surface area contributed by atoms with Gasteiger partial charge in [-0.3, -0.25) is 0 Å². The number of hydrogen-bond donors (Lipinski definition) is 1. The molecular weight excluding hydrogens is 228 g/mol. The van der Waals surface area contributed by atoms with E-state index in [-0.39, 0.29) is 6.09 Å². The molecule has 1 aromatic carbocycles. The molecular formula is C14H20N2O2. The number of anilines is 1. The Labute approximate surface area is 108 Å². The maximum absolute atomic E-state index is 11.6. The number of amides is 1. The number of likely N-dealkylation sites (tertiary alicyclic amines) is 1. The first-order chi connectivity index (χ1) is 8.69. The van der Waals surface area contributed by atoms with Crippen LogP contribution in [-0.2, 0) is 4.74 Å². The third-order valence-corrected chi connectivity index (χ3v) is 3.10. The van der Waals surface area contributed by atoms with Gasteiger partial charge < -0.3 is 15.0 Å². The van der Waals surface area contributed by atoms with Crippen LogP contribution in [0.3, 0.4) is 0 Å². The summed E-state index contributed by atoms with van der Waals surface area (Å²) in [5.74, 6) is 0. The Morgan fingerprint density at radius 2 is 2.39 bits per heavy atom. The molecule has 1 amide bonds. The lowest BCUT2D eigenvalue weighted by molar-refractivity contribution is 0.115.